The summed E-state index contributed by atoms with van der Waals surface area (Å²) in [6, 6.07) is 10.5. The fraction of sp³-hybridized carbons (Fsp3) is 0.188. The second kappa shape index (κ2) is 5.74. The third-order valence-corrected chi connectivity index (χ3v) is 3.05. The summed E-state index contributed by atoms with van der Waals surface area (Å²) in [5.74, 6) is -1.49. The molecule has 0 heterocycles. The molecule has 0 amide bonds. The van der Waals surface area contributed by atoms with E-state index in [4.69, 9.17) is 0 Å². The number of aryl methyl sites for hydroxylation is 1. The van der Waals surface area contributed by atoms with Gasteiger partial charge >= 0.3 is 0 Å². The van der Waals surface area contributed by atoms with Crippen molar-refractivity contribution in [3.05, 3.63) is 70.8 Å². The van der Waals surface area contributed by atoms with Gasteiger partial charge in [-0.05, 0) is 23.6 Å². The fourth-order valence-electron chi connectivity index (χ4n) is 1.87. The van der Waals surface area contributed by atoms with Crippen LogP contribution in [0.2, 0.25) is 0 Å². The van der Waals surface area contributed by atoms with E-state index < -0.39 is 11.6 Å². The topological polar surface area (TPSA) is 17.1 Å². The highest BCUT2D eigenvalue weighted by Crippen LogP contribution is 2.14. The SMILES string of the molecule is CCc1ccc(C(=O)Cc2ccc(F)cc2F)cc1. The summed E-state index contributed by atoms with van der Waals surface area (Å²) in [4.78, 5) is 12.0. The van der Waals surface area contributed by atoms with Crippen LogP contribution in [-0.2, 0) is 12.8 Å². The van der Waals surface area contributed by atoms with E-state index in [-0.39, 0.29) is 17.8 Å². The minimum absolute atomic E-state index is 0.0580. The van der Waals surface area contributed by atoms with Crippen LogP contribution >= 0.6 is 0 Å². The molecule has 0 N–H and O–H groups in total. The Morgan fingerprint density at radius 2 is 1.74 bits per heavy atom. The molecular formula is C16H14F2O. The number of carbonyl (C=O) groups is 1. The predicted octanol–water partition coefficient (Wildman–Crippen LogP) is 3.95. The molecule has 0 bridgehead atoms. The third kappa shape index (κ3) is 3.25. The van der Waals surface area contributed by atoms with Crippen molar-refractivity contribution in [3.63, 3.8) is 0 Å². The monoisotopic (exact) mass is 260 g/mol. The van der Waals surface area contributed by atoms with Crippen molar-refractivity contribution >= 4 is 5.78 Å². The summed E-state index contributed by atoms with van der Waals surface area (Å²) in [7, 11) is 0. The molecule has 0 saturated heterocycles. The Balaban J connectivity index is 2.15. The van der Waals surface area contributed by atoms with Crippen LogP contribution in [0.4, 0.5) is 8.78 Å². The summed E-state index contributed by atoms with van der Waals surface area (Å²) in [6.07, 6.45) is 0.846. The Bertz CT molecular complexity index is 588. The maximum absolute atomic E-state index is 13.5. The third-order valence-electron chi connectivity index (χ3n) is 3.05. The first-order chi connectivity index (χ1) is 9.10. The zero-order valence-corrected chi connectivity index (χ0v) is 10.6. The van der Waals surface area contributed by atoms with Gasteiger partial charge in [0.2, 0.25) is 0 Å². The number of rotatable bonds is 4. The maximum atomic E-state index is 13.5. The number of Topliss-reactive ketones (excluding diaryl/α,β-unsaturated/α-hetero) is 1. The maximum Gasteiger partial charge on any atom is 0.167 e. The minimum atomic E-state index is -0.682. The van der Waals surface area contributed by atoms with Crippen molar-refractivity contribution < 1.29 is 13.6 Å². The van der Waals surface area contributed by atoms with Crippen molar-refractivity contribution in [1.82, 2.24) is 0 Å². The van der Waals surface area contributed by atoms with Gasteiger partial charge in [-0.25, -0.2) is 8.78 Å². The number of hydrogen-bond acceptors (Lipinski definition) is 1. The van der Waals surface area contributed by atoms with Crippen LogP contribution in [0.15, 0.2) is 42.5 Å². The molecule has 3 heteroatoms. The smallest absolute Gasteiger partial charge is 0.167 e. The molecule has 0 fully saturated rings. The predicted molar refractivity (Wildman–Crippen MR) is 70.2 cm³/mol. The number of carbonyl (C=O) groups excluding carboxylic acids is 1. The molecule has 0 aliphatic heterocycles. The van der Waals surface area contributed by atoms with Gasteiger partial charge in [0.1, 0.15) is 11.6 Å². The molecule has 1 nitrogen and oxygen atoms in total. The van der Waals surface area contributed by atoms with Crippen molar-refractivity contribution in [2.75, 3.05) is 0 Å². The Hall–Kier alpha value is -2.03. The first-order valence-electron chi connectivity index (χ1n) is 6.16. The van der Waals surface area contributed by atoms with Gasteiger partial charge in [0.25, 0.3) is 0 Å². The van der Waals surface area contributed by atoms with E-state index in [1.54, 1.807) is 12.1 Å². The number of ketones is 1. The lowest BCUT2D eigenvalue weighted by molar-refractivity contribution is 0.0991. The van der Waals surface area contributed by atoms with Gasteiger partial charge in [-0.15, -0.1) is 0 Å². The Morgan fingerprint density at radius 3 is 2.32 bits per heavy atom. The van der Waals surface area contributed by atoms with Gasteiger partial charge in [-0.3, -0.25) is 4.79 Å². The zero-order valence-electron chi connectivity index (χ0n) is 10.6. The summed E-state index contributed by atoms with van der Waals surface area (Å²) >= 11 is 0. The van der Waals surface area contributed by atoms with Crippen LogP contribution < -0.4 is 0 Å². The summed E-state index contributed by atoms with van der Waals surface area (Å²) in [6.45, 7) is 2.03. The van der Waals surface area contributed by atoms with Crippen LogP contribution in [0, 0.1) is 11.6 Å². The normalized spacial score (nSPS) is 10.5. The van der Waals surface area contributed by atoms with Crippen LogP contribution in [0.3, 0.4) is 0 Å². The molecule has 2 aromatic carbocycles. The molecule has 0 aliphatic carbocycles. The highest BCUT2D eigenvalue weighted by molar-refractivity contribution is 5.97. The van der Waals surface area contributed by atoms with E-state index in [1.165, 1.54) is 6.07 Å². The van der Waals surface area contributed by atoms with Gasteiger partial charge in [-0.2, -0.15) is 0 Å². The molecule has 2 aromatic rings. The fourth-order valence-corrected chi connectivity index (χ4v) is 1.87. The first-order valence-corrected chi connectivity index (χ1v) is 6.16. The van der Waals surface area contributed by atoms with E-state index in [0.29, 0.717) is 5.56 Å². The van der Waals surface area contributed by atoms with Gasteiger partial charge in [-0.1, -0.05) is 37.3 Å². The summed E-state index contributed by atoms with van der Waals surface area (Å²) in [5.41, 5.74) is 1.90. The van der Waals surface area contributed by atoms with Crippen LogP contribution in [0.25, 0.3) is 0 Å². The molecule has 0 radical (unpaired) electrons. The Morgan fingerprint density at radius 1 is 1.05 bits per heavy atom. The van der Waals surface area contributed by atoms with E-state index in [0.717, 1.165) is 24.1 Å². The lowest BCUT2D eigenvalue weighted by Gasteiger charge is -2.04. The molecule has 19 heavy (non-hydrogen) atoms. The average Bonchev–Trinajstić information content (AvgIpc) is 2.42. The lowest BCUT2D eigenvalue weighted by atomic mass is 10.0. The quantitative estimate of drug-likeness (QED) is 0.761. The highest BCUT2D eigenvalue weighted by atomic mass is 19.1. The van der Waals surface area contributed by atoms with Crippen molar-refractivity contribution in [3.8, 4) is 0 Å². The van der Waals surface area contributed by atoms with E-state index in [9.17, 15) is 13.6 Å². The molecule has 0 atom stereocenters. The van der Waals surface area contributed by atoms with Crippen molar-refractivity contribution in [2.45, 2.75) is 19.8 Å². The van der Waals surface area contributed by atoms with Crippen molar-refractivity contribution in [1.29, 1.82) is 0 Å². The molecule has 98 valence electrons. The van der Waals surface area contributed by atoms with Gasteiger partial charge in [0.15, 0.2) is 5.78 Å². The molecule has 0 unspecified atom stereocenters. The van der Waals surface area contributed by atoms with Crippen molar-refractivity contribution in [2.24, 2.45) is 0 Å². The second-order valence-corrected chi connectivity index (χ2v) is 4.39. The van der Waals surface area contributed by atoms with Gasteiger partial charge in [0, 0.05) is 18.1 Å². The second-order valence-electron chi connectivity index (χ2n) is 4.39. The zero-order chi connectivity index (χ0) is 13.8. The van der Waals surface area contributed by atoms with Crippen LogP contribution in [-0.4, -0.2) is 5.78 Å². The summed E-state index contributed by atoms with van der Waals surface area (Å²) in [5, 5.41) is 0. The van der Waals surface area contributed by atoms with Crippen LogP contribution in [0.5, 0.6) is 0 Å². The Kier molecular flexibility index (Phi) is 4.05. The summed E-state index contributed by atoms with van der Waals surface area (Å²) < 4.78 is 26.2. The average molecular weight is 260 g/mol. The van der Waals surface area contributed by atoms with E-state index in [1.807, 2.05) is 19.1 Å². The number of halogens is 2. The standard InChI is InChI=1S/C16H14F2O/c1-2-11-3-5-12(6-4-11)16(19)9-13-7-8-14(17)10-15(13)18/h3-8,10H,2,9H2,1H3. The van der Waals surface area contributed by atoms with E-state index >= 15 is 0 Å². The van der Waals surface area contributed by atoms with Gasteiger partial charge in [0.05, 0.1) is 0 Å². The van der Waals surface area contributed by atoms with Crippen LogP contribution in [0.1, 0.15) is 28.4 Å². The molecule has 0 saturated carbocycles. The van der Waals surface area contributed by atoms with E-state index in [2.05, 4.69) is 0 Å². The number of hydrogen-bond donors (Lipinski definition) is 0. The largest absolute Gasteiger partial charge is 0.294 e. The molecular weight excluding hydrogens is 246 g/mol. The molecule has 0 aromatic heterocycles. The number of benzene rings is 2. The first kappa shape index (κ1) is 13.4. The molecule has 2 rings (SSSR count). The minimum Gasteiger partial charge on any atom is -0.294 e. The molecule has 0 spiro atoms. The highest BCUT2D eigenvalue weighted by Gasteiger charge is 2.11. The molecule has 0 aliphatic rings. The lowest BCUT2D eigenvalue weighted by Crippen LogP contribution is -2.05. The van der Waals surface area contributed by atoms with Gasteiger partial charge < -0.3 is 0 Å². The Labute approximate surface area is 110 Å².